The number of carbonyl (C=O) groups excluding carboxylic acids is 2. The predicted molar refractivity (Wildman–Crippen MR) is 140 cm³/mol. The van der Waals surface area contributed by atoms with Crippen LogP contribution in [0.2, 0.25) is 0 Å². The van der Waals surface area contributed by atoms with Crippen molar-refractivity contribution in [3.63, 3.8) is 0 Å². The van der Waals surface area contributed by atoms with Gasteiger partial charge in [-0.25, -0.2) is 0 Å². The van der Waals surface area contributed by atoms with E-state index in [1.165, 1.54) is 112 Å². The minimum absolute atomic E-state index is 0.354. The Labute approximate surface area is 199 Å². The van der Waals surface area contributed by atoms with Crippen LogP contribution < -0.4 is 0 Å². The first-order chi connectivity index (χ1) is 15.2. The number of ketones is 1. The summed E-state index contributed by atoms with van der Waals surface area (Å²) in [5.74, 6) is 1.47. The van der Waals surface area contributed by atoms with Crippen LogP contribution in [0, 0.1) is 5.92 Å². The Kier molecular flexibility index (Phi) is 11.7. The zero-order valence-electron chi connectivity index (χ0n) is 20.2. The molecule has 31 heavy (non-hydrogen) atoms. The van der Waals surface area contributed by atoms with Crippen molar-refractivity contribution in [2.45, 2.75) is 132 Å². The van der Waals surface area contributed by atoms with Crippen molar-refractivity contribution in [2.75, 3.05) is 15.9 Å². The molecule has 0 bridgehead atoms. The molecule has 1 atom stereocenters. The second kappa shape index (κ2) is 14.2. The third kappa shape index (κ3) is 8.30. The number of halogens is 1. The van der Waals surface area contributed by atoms with E-state index in [0.29, 0.717) is 27.6 Å². The molecule has 0 spiro atoms. The number of hydrogen-bond acceptors (Lipinski definition) is 2. The predicted octanol–water partition coefficient (Wildman–Crippen LogP) is 7.33. The van der Waals surface area contributed by atoms with E-state index in [1.807, 2.05) is 11.9 Å². The quantitative estimate of drug-likeness (QED) is 0.155. The van der Waals surface area contributed by atoms with Gasteiger partial charge in [0.15, 0.2) is 0 Å². The van der Waals surface area contributed by atoms with Gasteiger partial charge in [-0.1, -0.05) is 6.42 Å². The van der Waals surface area contributed by atoms with Crippen molar-refractivity contribution in [1.29, 1.82) is 0 Å². The Hall–Kier alpha value is -0.130. The standard InChI is InChI=1S/C27H48INO2/c1-29(24-17-9-5-10-18-24)26(30)20-12-3-2-11-19-25(28-21-13-6-14-22-28)27(31)23-15-7-4-8-16-23/h23-25H,2-22H2,1H3. The summed E-state index contributed by atoms with van der Waals surface area (Å²) in [5, 5.41) is 0. The van der Waals surface area contributed by atoms with Gasteiger partial charge >= 0.3 is 193 Å². The Morgan fingerprint density at radius 2 is 1.35 bits per heavy atom. The van der Waals surface area contributed by atoms with E-state index in [9.17, 15) is 9.59 Å². The normalized spacial score (nSPS) is 23.5. The molecule has 3 aliphatic rings. The molecule has 2 aliphatic carbocycles. The van der Waals surface area contributed by atoms with Gasteiger partial charge in [0.05, 0.1) is 0 Å². The first-order valence-corrected chi connectivity index (χ1v) is 17.9. The van der Waals surface area contributed by atoms with Crippen LogP contribution in [0.1, 0.15) is 122 Å². The number of hydrogen-bond donors (Lipinski definition) is 0. The summed E-state index contributed by atoms with van der Waals surface area (Å²) < 4.78 is 3.37. The topological polar surface area (TPSA) is 37.4 Å². The van der Waals surface area contributed by atoms with Crippen LogP contribution in [0.4, 0.5) is 0 Å². The van der Waals surface area contributed by atoms with Crippen LogP contribution in [0.5, 0.6) is 0 Å². The minimum atomic E-state index is -1.08. The van der Waals surface area contributed by atoms with Gasteiger partial charge in [-0.05, 0) is 0 Å². The molecule has 0 aromatic heterocycles. The maximum absolute atomic E-state index is 13.4. The van der Waals surface area contributed by atoms with E-state index in [4.69, 9.17) is 0 Å². The summed E-state index contributed by atoms with van der Waals surface area (Å²) in [6.07, 6.45) is 23.3. The number of rotatable bonds is 11. The molecular weight excluding hydrogens is 497 g/mol. The van der Waals surface area contributed by atoms with Crippen LogP contribution in [0.25, 0.3) is 0 Å². The Balaban J connectivity index is 1.36. The maximum atomic E-state index is 13.4. The number of carbonyl (C=O) groups is 2. The second-order valence-electron chi connectivity index (χ2n) is 10.4. The van der Waals surface area contributed by atoms with E-state index in [1.54, 1.807) is 0 Å². The van der Waals surface area contributed by atoms with Crippen molar-refractivity contribution in [3.8, 4) is 0 Å². The van der Waals surface area contributed by atoms with Gasteiger partial charge < -0.3 is 0 Å². The van der Waals surface area contributed by atoms with E-state index in [0.717, 1.165) is 19.3 Å². The fourth-order valence-corrected chi connectivity index (χ4v) is 13.7. The van der Waals surface area contributed by atoms with Gasteiger partial charge in [0.2, 0.25) is 0 Å². The van der Waals surface area contributed by atoms with Gasteiger partial charge in [0.1, 0.15) is 0 Å². The summed E-state index contributed by atoms with van der Waals surface area (Å²) in [5.41, 5.74) is 0. The number of unbranched alkanes of at least 4 members (excludes halogenated alkanes) is 3. The number of alkyl halides is 3. The van der Waals surface area contributed by atoms with Gasteiger partial charge in [0, 0.05) is 0 Å². The SMILES string of the molecule is CN(C(=O)CCCCCCC(C(=O)C1CCCCC1)I1CCCCC1)C1CCCCC1. The van der Waals surface area contributed by atoms with Crippen LogP contribution in [-0.4, -0.2) is 42.5 Å². The number of amides is 1. The second-order valence-corrected chi connectivity index (χ2v) is 16.9. The average Bonchev–Trinajstić information content (AvgIpc) is 2.84. The van der Waals surface area contributed by atoms with Crippen LogP contribution in [0.3, 0.4) is 0 Å². The van der Waals surface area contributed by atoms with Gasteiger partial charge in [-0.15, -0.1) is 0 Å². The fraction of sp³-hybridized carbons (Fsp3) is 0.926. The van der Waals surface area contributed by atoms with Gasteiger partial charge in [-0.3, -0.25) is 0 Å². The Morgan fingerprint density at radius 3 is 2.03 bits per heavy atom. The molecular formula is C27H48INO2. The monoisotopic (exact) mass is 545 g/mol. The van der Waals surface area contributed by atoms with Crippen molar-refractivity contribution in [3.05, 3.63) is 0 Å². The number of nitrogens with zero attached hydrogens (tertiary/aromatic N) is 1. The van der Waals surface area contributed by atoms with Crippen LogP contribution in [-0.2, 0) is 9.59 Å². The van der Waals surface area contributed by atoms with Gasteiger partial charge in [-0.2, -0.15) is 0 Å². The van der Waals surface area contributed by atoms with Crippen molar-refractivity contribution in [2.24, 2.45) is 5.92 Å². The molecule has 3 rings (SSSR count). The van der Waals surface area contributed by atoms with E-state index in [2.05, 4.69) is 0 Å². The fourth-order valence-electron chi connectivity index (χ4n) is 5.96. The van der Waals surface area contributed by atoms with Gasteiger partial charge in [0.25, 0.3) is 0 Å². The molecule has 1 aliphatic heterocycles. The summed E-state index contributed by atoms with van der Waals surface area (Å²) in [4.78, 5) is 28.0. The molecule has 1 amide bonds. The van der Waals surface area contributed by atoms with E-state index in [-0.39, 0.29) is 0 Å². The molecule has 0 aromatic carbocycles. The van der Waals surface area contributed by atoms with Crippen molar-refractivity contribution >= 4 is 31.5 Å². The first-order valence-electron chi connectivity index (χ1n) is 13.6. The summed E-state index contributed by atoms with van der Waals surface area (Å²) in [6.45, 7) is 0. The third-order valence-corrected chi connectivity index (χ3v) is 15.7. The zero-order valence-corrected chi connectivity index (χ0v) is 22.4. The first kappa shape index (κ1) is 25.5. The number of Topliss-reactive ketones (excluding diaryl/α,β-unsaturated/α-hetero) is 1. The Bertz CT molecular complexity index is 533. The molecule has 4 heteroatoms. The van der Waals surface area contributed by atoms with Crippen LogP contribution >= 0.6 is 19.8 Å². The summed E-state index contributed by atoms with van der Waals surface area (Å²) >= 11 is -1.08. The van der Waals surface area contributed by atoms with Crippen molar-refractivity contribution < 1.29 is 9.59 Å². The molecule has 3 fully saturated rings. The van der Waals surface area contributed by atoms with E-state index < -0.39 is 19.8 Å². The molecule has 1 saturated heterocycles. The third-order valence-electron chi connectivity index (χ3n) is 8.06. The Morgan fingerprint density at radius 1 is 0.774 bits per heavy atom. The van der Waals surface area contributed by atoms with E-state index >= 15 is 0 Å². The molecule has 0 aromatic rings. The molecule has 180 valence electrons. The molecule has 2 saturated carbocycles. The molecule has 1 unspecified atom stereocenters. The molecule has 0 N–H and O–H groups in total. The zero-order chi connectivity index (χ0) is 21.9. The average molecular weight is 546 g/mol. The summed E-state index contributed by atoms with van der Waals surface area (Å²) in [6, 6.07) is 0.494. The summed E-state index contributed by atoms with van der Waals surface area (Å²) in [7, 11) is 2.02. The van der Waals surface area contributed by atoms with Crippen molar-refractivity contribution in [1.82, 2.24) is 4.90 Å². The molecule has 0 radical (unpaired) electrons. The molecule has 3 nitrogen and oxygen atoms in total. The molecule has 1 heterocycles. The van der Waals surface area contributed by atoms with Crippen LogP contribution in [0.15, 0.2) is 0 Å².